The number of aryl methyl sites for hydroxylation is 2. The number of thiol groups is 2. The van der Waals surface area contributed by atoms with Gasteiger partial charge >= 0.3 is 0 Å². The van der Waals surface area contributed by atoms with E-state index in [1.807, 2.05) is 21.6 Å². The smallest absolute Gasteiger partial charge is 0.123 e. The molecule has 0 aliphatic heterocycles. The molecule has 0 saturated heterocycles. The summed E-state index contributed by atoms with van der Waals surface area (Å²) in [4.78, 5) is 0. The molecule has 2 nitrogen and oxygen atoms in total. The summed E-state index contributed by atoms with van der Waals surface area (Å²) in [5, 5.41) is 0. The Bertz CT molecular complexity index is 747. The first-order valence-corrected chi connectivity index (χ1v) is 12.1. The normalized spacial score (nSPS) is 10.8. The van der Waals surface area contributed by atoms with E-state index >= 15 is 0 Å². The van der Waals surface area contributed by atoms with Gasteiger partial charge in [0, 0.05) is 34.1 Å². The van der Waals surface area contributed by atoms with Crippen LogP contribution in [0.2, 0.25) is 0 Å². The summed E-state index contributed by atoms with van der Waals surface area (Å²) in [6, 6.07) is 8.64. The quantitative estimate of drug-likeness (QED) is 0.280. The van der Waals surface area contributed by atoms with Gasteiger partial charge in [0.05, 0.1) is 14.2 Å². The van der Waals surface area contributed by atoms with Crippen LogP contribution >= 0.6 is 46.8 Å². The lowest BCUT2D eigenvalue weighted by atomic mass is 10.1. The van der Waals surface area contributed by atoms with E-state index in [2.05, 4.69) is 63.4 Å². The van der Waals surface area contributed by atoms with Crippen molar-refractivity contribution >= 4 is 46.8 Å². The van der Waals surface area contributed by atoms with Crippen LogP contribution in [0.15, 0.2) is 24.3 Å². The SMILES string of the molecule is COc1cc(CSSCc2cc(C)c(CS)cc2OC)c(C)cc1CS. The molecule has 0 aromatic heterocycles. The van der Waals surface area contributed by atoms with Crippen molar-refractivity contribution in [3.05, 3.63) is 57.6 Å². The fourth-order valence-corrected chi connectivity index (χ4v) is 5.54. The summed E-state index contributed by atoms with van der Waals surface area (Å²) in [5.74, 6) is 5.14. The van der Waals surface area contributed by atoms with Gasteiger partial charge in [-0.3, -0.25) is 0 Å². The van der Waals surface area contributed by atoms with Crippen LogP contribution in [-0.2, 0) is 23.0 Å². The van der Waals surface area contributed by atoms with Gasteiger partial charge in [-0.15, -0.1) is 0 Å². The van der Waals surface area contributed by atoms with Gasteiger partial charge in [0.1, 0.15) is 11.5 Å². The number of methoxy groups -OCH3 is 2. The minimum atomic E-state index is 0.688. The van der Waals surface area contributed by atoms with E-state index in [4.69, 9.17) is 9.47 Å². The average molecular weight is 427 g/mol. The van der Waals surface area contributed by atoms with E-state index in [-0.39, 0.29) is 0 Å². The lowest BCUT2D eigenvalue weighted by Gasteiger charge is -2.14. The molecule has 0 aliphatic carbocycles. The van der Waals surface area contributed by atoms with E-state index in [0.717, 1.165) is 34.3 Å². The molecule has 2 aromatic carbocycles. The van der Waals surface area contributed by atoms with Crippen molar-refractivity contribution in [2.24, 2.45) is 0 Å². The summed E-state index contributed by atoms with van der Waals surface area (Å²) < 4.78 is 11.0. The zero-order valence-electron chi connectivity index (χ0n) is 15.7. The summed E-state index contributed by atoms with van der Waals surface area (Å²) in [5.41, 5.74) is 7.45. The standard InChI is InChI=1S/C20H26O2S4/c1-13-6-18(20(22-4)7-15(13)9-23)12-26-25-11-17-8-19(21-3)16(10-24)5-14(17)2/h5-8,23-24H,9-12H2,1-4H3. The van der Waals surface area contributed by atoms with Crippen LogP contribution < -0.4 is 9.47 Å². The third-order valence-corrected chi connectivity index (χ3v) is 7.24. The molecule has 0 spiro atoms. The first kappa shape index (κ1) is 21.7. The Morgan fingerprint density at radius 3 is 1.73 bits per heavy atom. The van der Waals surface area contributed by atoms with Crippen LogP contribution in [0, 0.1) is 13.8 Å². The van der Waals surface area contributed by atoms with Crippen molar-refractivity contribution < 1.29 is 9.47 Å². The van der Waals surface area contributed by atoms with Crippen molar-refractivity contribution in [2.45, 2.75) is 36.9 Å². The van der Waals surface area contributed by atoms with Gasteiger partial charge in [-0.1, -0.05) is 33.7 Å². The molecule has 0 atom stereocenters. The fourth-order valence-electron chi connectivity index (χ4n) is 2.73. The van der Waals surface area contributed by atoms with Gasteiger partial charge in [-0.2, -0.15) is 25.3 Å². The minimum Gasteiger partial charge on any atom is -0.496 e. The zero-order valence-corrected chi connectivity index (χ0v) is 19.1. The topological polar surface area (TPSA) is 18.5 Å². The highest BCUT2D eigenvalue weighted by molar-refractivity contribution is 8.76. The maximum absolute atomic E-state index is 5.55. The molecular formula is C20H26O2S4. The predicted octanol–water partition coefficient (Wildman–Crippen LogP) is 6.26. The van der Waals surface area contributed by atoms with Crippen molar-refractivity contribution in [2.75, 3.05) is 14.2 Å². The number of hydrogen-bond acceptors (Lipinski definition) is 6. The number of rotatable bonds is 9. The molecule has 0 fully saturated rings. The number of hydrogen-bond donors (Lipinski definition) is 2. The van der Waals surface area contributed by atoms with E-state index in [0.29, 0.717) is 5.75 Å². The predicted molar refractivity (Wildman–Crippen MR) is 123 cm³/mol. The minimum absolute atomic E-state index is 0.688. The second-order valence-electron chi connectivity index (χ2n) is 6.02. The molecule has 0 heterocycles. The second-order valence-corrected chi connectivity index (χ2v) is 9.12. The molecular weight excluding hydrogens is 400 g/mol. The third-order valence-electron chi connectivity index (χ3n) is 4.33. The summed E-state index contributed by atoms with van der Waals surface area (Å²) in [7, 11) is 7.14. The van der Waals surface area contributed by atoms with Crippen molar-refractivity contribution in [1.82, 2.24) is 0 Å². The molecule has 0 unspecified atom stereocenters. The Morgan fingerprint density at radius 2 is 1.15 bits per heavy atom. The zero-order chi connectivity index (χ0) is 19.1. The van der Waals surface area contributed by atoms with Gasteiger partial charge in [0.25, 0.3) is 0 Å². The van der Waals surface area contributed by atoms with Gasteiger partial charge in [0.15, 0.2) is 0 Å². The molecule has 2 rings (SSSR count). The van der Waals surface area contributed by atoms with Crippen molar-refractivity contribution in [3.63, 3.8) is 0 Å². The summed E-state index contributed by atoms with van der Waals surface area (Å²) in [6.07, 6.45) is 0. The van der Waals surface area contributed by atoms with Crippen LogP contribution in [0.25, 0.3) is 0 Å². The van der Waals surface area contributed by atoms with Gasteiger partial charge in [-0.05, 0) is 48.2 Å². The Kier molecular flexibility index (Phi) is 8.94. The maximum Gasteiger partial charge on any atom is 0.123 e. The molecule has 142 valence electrons. The van der Waals surface area contributed by atoms with E-state index < -0.39 is 0 Å². The van der Waals surface area contributed by atoms with Gasteiger partial charge in [-0.25, -0.2) is 0 Å². The molecule has 0 saturated carbocycles. The van der Waals surface area contributed by atoms with Crippen LogP contribution in [0.3, 0.4) is 0 Å². The Balaban J connectivity index is 2.00. The summed E-state index contributed by atoms with van der Waals surface area (Å²) >= 11 is 8.76. The Labute approximate surface area is 176 Å². The molecule has 0 bridgehead atoms. The second kappa shape index (κ2) is 10.7. The highest BCUT2D eigenvalue weighted by Crippen LogP contribution is 2.36. The molecule has 0 aliphatic rings. The Hall–Kier alpha value is -0.560. The molecule has 0 radical (unpaired) electrons. The monoisotopic (exact) mass is 426 g/mol. The fraction of sp³-hybridized carbons (Fsp3) is 0.400. The van der Waals surface area contributed by atoms with Crippen LogP contribution in [-0.4, -0.2) is 14.2 Å². The molecule has 0 N–H and O–H groups in total. The Morgan fingerprint density at radius 1 is 0.692 bits per heavy atom. The maximum atomic E-state index is 5.55. The first-order chi connectivity index (χ1) is 12.5. The molecule has 6 heteroatoms. The number of benzene rings is 2. The third kappa shape index (κ3) is 5.47. The summed E-state index contributed by atoms with van der Waals surface area (Å²) in [6.45, 7) is 4.28. The first-order valence-electron chi connectivity index (χ1n) is 8.32. The molecule has 0 amide bonds. The molecule has 26 heavy (non-hydrogen) atoms. The van der Waals surface area contributed by atoms with E-state index in [1.54, 1.807) is 14.2 Å². The lowest BCUT2D eigenvalue weighted by molar-refractivity contribution is 0.411. The highest BCUT2D eigenvalue weighted by atomic mass is 33.1. The van der Waals surface area contributed by atoms with E-state index in [9.17, 15) is 0 Å². The largest absolute Gasteiger partial charge is 0.496 e. The van der Waals surface area contributed by atoms with Crippen LogP contribution in [0.5, 0.6) is 11.5 Å². The highest BCUT2D eigenvalue weighted by Gasteiger charge is 2.10. The lowest BCUT2D eigenvalue weighted by Crippen LogP contribution is -1.96. The van der Waals surface area contributed by atoms with Crippen molar-refractivity contribution in [3.8, 4) is 11.5 Å². The van der Waals surface area contributed by atoms with Crippen LogP contribution in [0.4, 0.5) is 0 Å². The number of ether oxygens (including phenoxy) is 2. The average Bonchev–Trinajstić information content (AvgIpc) is 2.65. The van der Waals surface area contributed by atoms with E-state index in [1.165, 1.54) is 27.8 Å². The molecule has 2 aromatic rings. The van der Waals surface area contributed by atoms with Gasteiger partial charge in [0.2, 0.25) is 0 Å². The van der Waals surface area contributed by atoms with Crippen molar-refractivity contribution in [1.29, 1.82) is 0 Å². The van der Waals surface area contributed by atoms with Gasteiger partial charge < -0.3 is 9.47 Å². The van der Waals surface area contributed by atoms with Crippen LogP contribution in [0.1, 0.15) is 33.4 Å².